The fourth-order valence-electron chi connectivity index (χ4n) is 4.31. The standard InChI is InChI=1S/C29H42N2O3S2/c1-7-36-19-23(16-20(2)3)31(5)18-22-12-13-25(26(17-22)24-11-9-8-10-21(24)4)28(32)30-27(29(33)34)14-15-35-6/h8-13,17,20,23,27H,7,14-16,18-19H2,1-6H3,(H,30,32)(H,33,34)/t23-,27-/m0/s1. The van der Waals surface area contributed by atoms with E-state index in [-0.39, 0.29) is 5.91 Å². The van der Waals surface area contributed by atoms with Gasteiger partial charge in [-0.2, -0.15) is 23.5 Å². The maximum atomic E-state index is 13.3. The fraction of sp³-hybridized carbons (Fsp3) is 0.517. The van der Waals surface area contributed by atoms with Crippen molar-refractivity contribution < 1.29 is 14.7 Å². The monoisotopic (exact) mass is 530 g/mol. The zero-order valence-corrected chi connectivity index (χ0v) is 24.2. The minimum atomic E-state index is -1.01. The van der Waals surface area contributed by atoms with Gasteiger partial charge in [-0.3, -0.25) is 9.69 Å². The summed E-state index contributed by atoms with van der Waals surface area (Å²) in [5, 5.41) is 12.4. The Bertz CT molecular complexity index is 996. The maximum absolute atomic E-state index is 13.3. The number of nitrogens with zero attached hydrogens (tertiary/aromatic N) is 1. The molecule has 0 radical (unpaired) electrons. The molecule has 0 aliphatic rings. The van der Waals surface area contributed by atoms with E-state index in [2.05, 4.69) is 44.1 Å². The van der Waals surface area contributed by atoms with Gasteiger partial charge in [-0.05, 0) is 84.9 Å². The number of nitrogens with one attached hydrogen (secondary N) is 1. The van der Waals surface area contributed by atoms with Crippen molar-refractivity contribution in [3.8, 4) is 11.1 Å². The van der Waals surface area contributed by atoms with Crippen LogP contribution in [0.15, 0.2) is 42.5 Å². The third kappa shape index (κ3) is 9.16. The first kappa shape index (κ1) is 30.3. The number of aliphatic carboxylic acids is 1. The molecule has 7 heteroatoms. The van der Waals surface area contributed by atoms with E-state index in [1.165, 1.54) is 0 Å². The molecule has 36 heavy (non-hydrogen) atoms. The molecule has 0 spiro atoms. The van der Waals surface area contributed by atoms with Gasteiger partial charge < -0.3 is 10.4 Å². The van der Waals surface area contributed by atoms with Gasteiger partial charge in [0.25, 0.3) is 5.91 Å². The van der Waals surface area contributed by atoms with E-state index in [4.69, 9.17) is 0 Å². The first-order valence-electron chi connectivity index (χ1n) is 12.7. The van der Waals surface area contributed by atoms with E-state index >= 15 is 0 Å². The number of hydrogen-bond donors (Lipinski definition) is 2. The van der Waals surface area contributed by atoms with Gasteiger partial charge in [0.2, 0.25) is 0 Å². The highest BCUT2D eigenvalue weighted by Crippen LogP contribution is 2.29. The molecule has 5 nitrogen and oxygen atoms in total. The molecule has 2 atom stereocenters. The van der Waals surface area contributed by atoms with Crippen molar-refractivity contribution in [3.05, 3.63) is 59.2 Å². The quantitative estimate of drug-likeness (QED) is 0.286. The summed E-state index contributed by atoms with van der Waals surface area (Å²) in [6, 6.07) is 13.6. The normalized spacial score (nSPS) is 13.1. The minimum absolute atomic E-state index is 0.348. The number of amides is 1. The molecule has 198 valence electrons. The van der Waals surface area contributed by atoms with Gasteiger partial charge >= 0.3 is 5.97 Å². The number of carbonyl (C=O) groups is 2. The van der Waals surface area contributed by atoms with Crippen LogP contribution in [-0.4, -0.2) is 64.5 Å². The first-order valence-corrected chi connectivity index (χ1v) is 15.2. The zero-order chi connectivity index (χ0) is 26.7. The Hall–Kier alpha value is -1.96. The number of aryl methyl sites for hydroxylation is 1. The fourth-order valence-corrected chi connectivity index (χ4v) is 5.67. The largest absolute Gasteiger partial charge is 0.480 e. The van der Waals surface area contributed by atoms with E-state index < -0.39 is 12.0 Å². The number of rotatable bonds is 15. The Morgan fingerprint density at radius 2 is 1.83 bits per heavy atom. The molecule has 2 N–H and O–H groups in total. The molecule has 2 aromatic carbocycles. The molecule has 0 aliphatic heterocycles. The van der Waals surface area contributed by atoms with Crippen molar-refractivity contribution in [3.63, 3.8) is 0 Å². The van der Waals surface area contributed by atoms with Crippen LogP contribution < -0.4 is 5.32 Å². The smallest absolute Gasteiger partial charge is 0.326 e. The van der Waals surface area contributed by atoms with E-state index in [0.29, 0.717) is 29.7 Å². The number of hydrogen-bond acceptors (Lipinski definition) is 5. The Balaban J connectivity index is 2.40. The van der Waals surface area contributed by atoms with Crippen LogP contribution in [0.1, 0.15) is 55.1 Å². The lowest BCUT2D eigenvalue weighted by Crippen LogP contribution is -2.41. The SMILES string of the molecule is CCSC[C@H](CC(C)C)N(C)Cc1ccc(C(=O)N[C@@H](CCSC)C(=O)O)c(-c2ccccc2C)c1. The van der Waals surface area contributed by atoms with Gasteiger partial charge in [0.05, 0.1) is 0 Å². The van der Waals surface area contributed by atoms with Gasteiger partial charge in [-0.15, -0.1) is 0 Å². The Kier molecular flexibility index (Phi) is 12.9. The second kappa shape index (κ2) is 15.3. The predicted molar refractivity (Wildman–Crippen MR) is 156 cm³/mol. The van der Waals surface area contributed by atoms with Crippen molar-refractivity contribution in [1.82, 2.24) is 10.2 Å². The highest BCUT2D eigenvalue weighted by Gasteiger charge is 2.23. The molecular weight excluding hydrogens is 488 g/mol. The summed E-state index contributed by atoms with van der Waals surface area (Å²) in [4.78, 5) is 27.5. The summed E-state index contributed by atoms with van der Waals surface area (Å²) < 4.78 is 0. The Morgan fingerprint density at radius 1 is 1.11 bits per heavy atom. The second-order valence-corrected chi connectivity index (χ2v) is 12.0. The molecule has 2 rings (SSSR count). The summed E-state index contributed by atoms with van der Waals surface area (Å²) in [6.07, 6.45) is 3.46. The molecule has 0 saturated heterocycles. The molecule has 0 aromatic heterocycles. The first-order chi connectivity index (χ1) is 17.2. The maximum Gasteiger partial charge on any atom is 0.326 e. The Morgan fingerprint density at radius 3 is 2.44 bits per heavy atom. The molecule has 0 unspecified atom stereocenters. The van der Waals surface area contributed by atoms with Crippen molar-refractivity contribution in [1.29, 1.82) is 0 Å². The summed E-state index contributed by atoms with van der Waals surface area (Å²) >= 11 is 3.54. The highest BCUT2D eigenvalue weighted by molar-refractivity contribution is 7.99. The van der Waals surface area contributed by atoms with E-state index in [1.807, 2.05) is 61.3 Å². The summed E-state index contributed by atoms with van der Waals surface area (Å²) in [5.74, 6) is 2.15. The van der Waals surface area contributed by atoms with Crippen LogP contribution in [0.5, 0.6) is 0 Å². The molecule has 0 bridgehead atoms. The van der Waals surface area contributed by atoms with E-state index in [0.717, 1.165) is 46.7 Å². The summed E-state index contributed by atoms with van der Waals surface area (Å²) in [6.45, 7) is 9.56. The van der Waals surface area contributed by atoms with Gasteiger partial charge in [0.1, 0.15) is 6.04 Å². The highest BCUT2D eigenvalue weighted by atomic mass is 32.2. The van der Waals surface area contributed by atoms with Crippen LogP contribution in [0.2, 0.25) is 0 Å². The molecule has 0 heterocycles. The zero-order valence-electron chi connectivity index (χ0n) is 22.5. The number of carboxylic acids is 1. The van der Waals surface area contributed by atoms with Gasteiger partial charge in [0, 0.05) is 23.9 Å². The molecule has 0 fully saturated rings. The summed E-state index contributed by atoms with van der Waals surface area (Å²) in [5.41, 5.74) is 4.55. The molecule has 1 amide bonds. The lowest BCUT2D eigenvalue weighted by Gasteiger charge is -2.29. The van der Waals surface area contributed by atoms with Crippen LogP contribution >= 0.6 is 23.5 Å². The number of thioether (sulfide) groups is 2. The minimum Gasteiger partial charge on any atom is -0.480 e. The Labute approximate surface area is 225 Å². The summed E-state index contributed by atoms with van der Waals surface area (Å²) in [7, 11) is 2.18. The third-order valence-electron chi connectivity index (χ3n) is 6.29. The predicted octanol–water partition coefficient (Wildman–Crippen LogP) is 6.20. The molecule has 0 saturated carbocycles. The molecular formula is C29H42N2O3S2. The van der Waals surface area contributed by atoms with Gasteiger partial charge in [-0.25, -0.2) is 4.79 Å². The third-order valence-corrected chi connectivity index (χ3v) is 7.96. The molecule has 0 aliphatic carbocycles. The van der Waals surface area contributed by atoms with Crippen molar-refractivity contribution in [2.24, 2.45) is 5.92 Å². The van der Waals surface area contributed by atoms with E-state index in [1.54, 1.807) is 11.8 Å². The average Bonchev–Trinajstić information content (AvgIpc) is 2.84. The number of benzene rings is 2. The van der Waals surface area contributed by atoms with Crippen molar-refractivity contribution in [2.75, 3.05) is 30.6 Å². The van der Waals surface area contributed by atoms with Crippen LogP contribution in [-0.2, 0) is 11.3 Å². The van der Waals surface area contributed by atoms with Crippen molar-refractivity contribution >= 4 is 35.4 Å². The van der Waals surface area contributed by atoms with Crippen molar-refractivity contribution in [2.45, 2.75) is 59.2 Å². The molecule has 2 aromatic rings. The van der Waals surface area contributed by atoms with Crippen LogP contribution in [0, 0.1) is 12.8 Å². The van der Waals surface area contributed by atoms with E-state index in [9.17, 15) is 14.7 Å². The lowest BCUT2D eigenvalue weighted by atomic mass is 9.93. The topological polar surface area (TPSA) is 69.6 Å². The lowest BCUT2D eigenvalue weighted by molar-refractivity contribution is -0.139. The number of carbonyl (C=O) groups excluding carboxylic acids is 1. The average molecular weight is 531 g/mol. The van der Waals surface area contributed by atoms with Gasteiger partial charge in [0.15, 0.2) is 0 Å². The van der Waals surface area contributed by atoms with Crippen LogP contribution in [0.25, 0.3) is 11.1 Å². The number of carboxylic acid groups (broad SMARTS) is 1. The van der Waals surface area contributed by atoms with Gasteiger partial charge in [-0.1, -0.05) is 51.1 Å². The second-order valence-electron chi connectivity index (χ2n) is 9.70. The van der Waals surface area contributed by atoms with Crippen LogP contribution in [0.4, 0.5) is 0 Å². The van der Waals surface area contributed by atoms with Crippen LogP contribution in [0.3, 0.4) is 0 Å².